The van der Waals surface area contributed by atoms with Crippen LogP contribution in [0.15, 0.2) is 93.7 Å². The van der Waals surface area contributed by atoms with Gasteiger partial charge in [0, 0.05) is 37.6 Å². The molecule has 1 aliphatic heterocycles. The van der Waals surface area contributed by atoms with E-state index in [1.807, 2.05) is 35.2 Å². The maximum atomic E-state index is 13.6. The van der Waals surface area contributed by atoms with Crippen LogP contribution in [0.25, 0.3) is 11.0 Å². The highest BCUT2D eigenvalue weighted by Crippen LogP contribution is 2.38. The van der Waals surface area contributed by atoms with E-state index in [2.05, 4.69) is 29.6 Å². The first-order valence-corrected chi connectivity index (χ1v) is 18.8. The lowest BCUT2D eigenvalue weighted by molar-refractivity contribution is -0.128. The molecular weight excluding hydrogens is 662 g/mol. The number of allylic oxidation sites excluding steroid dienone is 1. The molecule has 6 rings (SSSR count). The molecule has 0 unspecified atom stereocenters. The monoisotopic (exact) mass is 701 g/mol. The van der Waals surface area contributed by atoms with E-state index >= 15 is 0 Å². The summed E-state index contributed by atoms with van der Waals surface area (Å²) in [4.78, 5) is 40.9. The van der Waals surface area contributed by atoms with Gasteiger partial charge in [-0.15, -0.1) is 0 Å². The lowest BCUT2D eigenvalue weighted by Gasteiger charge is -2.28. The lowest BCUT2D eigenvalue weighted by Crippen LogP contribution is -2.36. The molecule has 1 N–H and O–H groups in total. The molecule has 2 heterocycles. The number of sulfonamides is 1. The molecule has 4 aromatic rings. The van der Waals surface area contributed by atoms with Gasteiger partial charge in [0.05, 0.1) is 23.4 Å². The first kappa shape index (κ1) is 34.5. The molecule has 2 aliphatic rings. The van der Waals surface area contributed by atoms with Crippen molar-refractivity contribution in [2.75, 3.05) is 24.2 Å². The fourth-order valence-electron chi connectivity index (χ4n) is 6.81. The predicted molar refractivity (Wildman–Crippen MR) is 193 cm³/mol. The number of likely N-dealkylation sites (tertiary alicyclic amines) is 1. The van der Waals surface area contributed by atoms with Crippen molar-refractivity contribution < 1.29 is 22.4 Å². The Balaban J connectivity index is 1.20. The zero-order valence-corrected chi connectivity index (χ0v) is 29.2. The summed E-state index contributed by atoms with van der Waals surface area (Å²) in [6.07, 6.45) is 8.97. The molecule has 256 valence electrons. The van der Waals surface area contributed by atoms with Crippen molar-refractivity contribution in [1.82, 2.24) is 10.2 Å². The molecule has 1 atom stereocenters. The summed E-state index contributed by atoms with van der Waals surface area (Å²) >= 11 is 6.13. The number of carbonyl (C=O) groups excluding carboxylic acids is 2. The summed E-state index contributed by atoms with van der Waals surface area (Å²) in [5.41, 5.74) is 4.83. The summed E-state index contributed by atoms with van der Waals surface area (Å²) in [5.74, 6) is -0.0313. The molecule has 0 spiro atoms. The van der Waals surface area contributed by atoms with Gasteiger partial charge in [-0.25, -0.2) is 8.42 Å². The van der Waals surface area contributed by atoms with Crippen LogP contribution in [-0.2, 0) is 27.8 Å². The SMILES string of the molecule is CN(c1ccc2oc(C(=O)N[C@H](C=C3CCC(c4ccccc4CN4CCCC4=O)CC3)Cc3ccc(Cl)cc3)cc(=O)c2c1)S(C)(=O)=O. The Bertz CT molecular complexity index is 2070. The van der Waals surface area contributed by atoms with Crippen LogP contribution >= 0.6 is 11.6 Å². The number of halogens is 1. The van der Waals surface area contributed by atoms with E-state index in [0.717, 1.165) is 60.8 Å². The van der Waals surface area contributed by atoms with Gasteiger partial charge in [-0.3, -0.25) is 18.7 Å². The number of amides is 2. The minimum atomic E-state index is -3.53. The highest BCUT2D eigenvalue weighted by atomic mass is 35.5. The van der Waals surface area contributed by atoms with Crippen molar-refractivity contribution in [2.45, 2.75) is 63.5 Å². The standard InChI is InChI=1S/C38H40ClN3O6S/c1-41(49(2,46)47)31-17-18-35-33(22-31)34(43)23-36(48-35)38(45)40-30(21-26-11-15-29(39)16-12-26)20-25-9-13-27(14-10-25)32-7-4-3-6-28(32)24-42-19-5-8-37(42)44/h3-4,6-7,11-12,15-18,20,22-23,27,30H,5,8-10,13-14,19,21,24H2,1-2H3,(H,40,45)/t27?,30-/m1/s1. The average molecular weight is 702 g/mol. The molecule has 1 saturated carbocycles. The van der Waals surface area contributed by atoms with Crippen LogP contribution in [0.5, 0.6) is 0 Å². The van der Waals surface area contributed by atoms with E-state index < -0.39 is 21.4 Å². The summed E-state index contributed by atoms with van der Waals surface area (Å²) in [6, 6.07) is 21.2. The van der Waals surface area contributed by atoms with Gasteiger partial charge in [-0.2, -0.15) is 0 Å². The molecule has 9 nitrogen and oxygen atoms in total. The van der Waals surface area contributed by atoms with Crippen molar-refractivity contribution >= 4 is 50.1 Å². The van der Waals surface area contributed by atoms with Gasteiger partial charge in [0.2, 0.25) is 15.9 Å². The van der Waals surface area contributed by atoms with Crippen molar-refractivity contribution in [1.29, 1.82) is 0 Å². The van der Waals surface area contributed by atoms with Gasteiger partial charge in [0.25, 0.3) is 5.91 Å². The summed E-state index contributed by atoms with van der Waals surface area (Å²) < 4.78 is 30.9. The summed E-state index contributed by atoms with van der Waals surface area (Å²) in [7, 11) is -2.13. The molecule has 11 heteroatoms. The Morgan fingerprint density at radius 1 is 1.04 bits per heavy atom. The molecule has 2 amide bonds. The summed E-state index contributed by atoms with van der Waals surface area (Å²) in [6.45, 7) is 1.48. The lowest BCUT2D eigenvalue weighted by atomic mass is 9.79. The maximum absolute atomic E-state index is 13.6. The zero-order chi connectivity index (χ0) is 34.7. The fourth-order valence-corrected chi connectivity index (χ4v) is 7.44. The number of hydrogen-bond acceptors (Lipinski definition) is 6. The van der Waals surface area contributed by atoms with Gasteiger partial charge in [-0.05, 0) is 91.5 Å². The van der Waals surface area contributed by atoms with Crippen LogP contribution < -0.4 is 15.1 Å². The van der Waals surface area contributed by atoms with E-state index in [4.69, 9.17) is 16.0 Å². The minimum Gasteiger partial charge on any atom is -0.451 e. The molecule has 1 aliphatic carbocycles. The van der Waals surface area contributed by atoms with Crippen LogP contribution in [0.3, 0.4) is 0 Å². The molecule has 3 aromatic carbocycles. The van der Waals surface area contributed by atoms with E-state index in [0.29, 0.717) is 36.0 Å². The molecule has 49 heavy (non-hydrogen) atoms. The van der Waals surface area contributed by atoms with Crippen LogP contribution in [-0.4, -0.2) is 51.0 Å². The number of carbonyl (C=O) groups is 2. The number of anilines is 1. The van der Waals surface area contributed by atoms with Gasteiger partial charge in [0.15, 0.2) is 11.2 Å². The van der Waals surface area contributed by atoms with Crippen molar-refractivity contribution in [3.05, 3.63) is 122 Å². The third-order valence-corrected chi connectivity index (χ3v) is 11.0. The highest BCUT2D eigenvalue weighted by Gasteiger charge is 2.26. The Kier molecular flexibility index (Phi) is 10.3. The van der Waals surface area contributed by atoms with Gasteiger partial charge >= 0.3 is 0 Å². The molecule has 0 bridgehead atoms. The van der Waals surface area contributed by atoms with Crippen molar-refractivity contribution in [3.8, 4) is 0 Å². The molecule has 0 radical (unpaired) electrons. The van der Waals surface area contributed by atoms with Crippen molar-refractivity contribution in [2.24, 2.45) is 0 Å². The molecule has 1 aromatic heterocycles. The number of benzene rings is 3. The van der Waals surface area contributed by atoms with Gasteiger partial charge in [0.1, 0.15) is 5.58 Å². The van der Waals surface area contributed by atoms with Gasteiger partial charge in [-0.1, -0.05) is 59.6 Å². The second-order valence-corrected chi connectivity index (χ2v) is 15.5. The normalized spacial score (nSPS) is 17.3. The smallest absolute Gasteiger partial charge is 0.287 e. The van der Waals surface area contributed by atoms with Crippen LogP contribution in [0.2, 0.25) is 5.02 Å². The minimum absolute atomic E-state index is 0.127. The van der Waals surface area contributed by atoms with Gasteiger partial charge < -0.3 is 14.6 Å². The van der Waals surface area contributed by atoms with E-state index in [-0.39, 0.29) is 28.7 Å². The molecular formula is C38H40ClN3O6S. The third-order valence-electron chi connectivity index (χ3n) is 9.57. The second kappa shape index (κ2) is 14.6. The van der Waals surface area contributed by atoms with Crippen molar-refractivity contribution in [3.63, 3.8) is 0 Å². The van der Waals surface area contributed by atoms with E-state index in [9.17, 15) is 22.8 Å². The van der Waals surface area contributed by atoms with Crippen LogP contribution in [0, 0.1) is 0 Å². The third kappa shape index (κ3) is 8.25. The highest BCUT2D eigenvalue weighted by molar-refractivity contribution is 7.92. The van der Waals surface area contributed by atoms with Crippen LogP contribution in [0.4, 0.5) is 5.69 Å². The molecule has 2 fully saturated rings. The van der Waals surface area contributed by atoms with E-state index in [1.54, 1.807) is 0 Å². The number of hydrogen-bond donors (Lipinski definition) is 1. The number of nitrogens with zero attached hydrogens (tertiary/aromatic N) is 2. The van der Waals surface area contributed by atoms with Crippen LogP contribution in [0.1, 0.15) is 71.7 Å². The fraction of sp³-hybridized carbons (Fsp3) is 0.342. The zero-order valence-electron chi connectivity index (χ0n) is 27.7. The Labute approximate surface area is 291 Å². The Hall–Kier alpha value is -4.41. The topological polar surface area (TPSA) is 117 Å². The second-order valence-electron chi connectivity index (χ2n) is 13.0. The first-order chi connectivity index (χ1) is 23.4. The first-order valence-electron chi connectivity index (χ1n) is 16.6. The number of rotatable bonds is 10. The number of fused-ring (bicyclic) bond motifs is 1. The predicted octanol–water partition coefficient (Wildman–Crippen LogP) is 6.59. The maximum Gasteiger partial charge on any atom is 0.287 e. The largest absolute Gasteiger partial charge is 0.451 e. The Morgan fingerprint density at radius 2 is 1.78 bits per heavy atom. The Morgan fingerprint density at radius 3 is 2.47 bits per heavy atom. The summed E-state index contributed by atoms with van der Waals surface area (Å²) in [5, 5.41) is 3.88. The number of nitrogens with one attached hydrogen (secondary N) is 1. The molecule has 1 saturated heterocycles. The quantitative estimate of drug-likeness (QED) is 0.187. The van der Waals surface area contributed by atoms with E-state index in [1.165, 1.54) is 41.9 Å². The average Bonchev–Trinajstić information content (AvgIpc) is 3.49.